The Balaban J connectivity index is 1.99. The summed E-state index contributed by atoms with van der Waals surface area (Å²) in [7, 11) is 1.57. The van der Waals surface area contributed by atoms with Crippen molar-refractivity contribution in [1.82, 2.24) is 5.32 Å². The average molecular weight is 284 g/mol. The zero-order valence-electron chi connectivity index (χ0n) is 12.3. The van der Waals surface area contributed by atoms with Gasteiger partial charge in [-0.3, -0.25) is 4.79 Å². The van der Waals surface area contributed by atoms with E-state index < -0.39 is 0 Å². The molecule has 0 aromatic heterocycles. The maximum Gasteiger partial charge on any atom is 0.253 e. The topological polar surface area (TPSA) is 64.3 Å². The van der Waals surface area contributed by atoms with E-state index in [1.54, 1.807) is 25.3 Å². The summed E-state index contributed by atoms with van der Waals surface area (Å²) in [6.45, 7) is 2.64. The first-order chi connectivity index (χ1) is 10.1. The molecule has 1 atom stereocenters. The van der Waals surface area contributed by atoms with Crippen LogP contribution in [-0.4, -0.2) is 19.6 Å². The van der Waals surface area contributed by atoms with E-state index in [4.69, 9.17) is 10.5 Å². The highest BCUT2D eigenvalue weighted by molar-refractivity contribution is 5.99. The molecule has 0 bridgehead atoms. The maximum absolute atomic E-state index is 12.2. The molecule has 0 fully saturated rings. The van der Waals surface area contributed by atoms with E-state index in [2.05, 4.69) is 24.4 Å². The van der Waals surface area contributed by atoms with Crippen LogP contribution in [0.5, 0.6) is 5.75 Å². The minimum absolute atomic E-state index is 0.169. The molecular formula is C17H20N2O2. The van der Waals surface area contributed by atoms with E-state index in [-0.39, 0.29) is 11.8 Å². The summed E-state index contributed by atoms with van der Waals surface area (Å²) in [4.78, 5) is 12.2. The Hall–Kier alpha value is -2.49. The predicted molar refractivity (Wildman–Crippen MR) is 84.6 cm³/mol. The second-order valence-corrected chi connectivity index (χ2v) is 4.97. The molecule has 110 valence electrons. The third-order valence-corrected chi connectivity index (χ3v) is 3.44. The Labute approximate surface area is 124 Å². The van der Waals surface area contributed by atoms with Gasteiger partial charge in [0.05, 0.1) is 12.7 Å². The Morgan fingerprint density at radius 3 is 2.57 bits per heavy atom. The number of nitrogens with one attached hydrogen (secondary N) is 1. The highest BCUT2D eigenvalue weighted by atomic mass is 16.5. The first kappa shape index (κ1) is 14.9. The lowest BCUT2D eigenvalue weighted by Gasteiger charge is -2.14. The molecule has 2 aromatic rings. The SMILES string of the molecule is COc1ccc(C(=O)NCC(C)c2ccccc2)c(N)c1. The van der Waals surface area contributed by atoms with Crippen molar-refractivity contribution in [3.63, 3.8) is 0 Å². The zero-order valence-corrected chi connectivity index (χ0v) is 12.3. The molecule has 3 N–H and O–H groups in total. The molecule has 1 amide bonds. The number of carbonyl (C=O) groups excluding carboxylic acids is 1. The molecule has 4 nitrogen and oxygen atoms in total. The molecule has 0 aliphatic heterocycles. The van der Waals surface area contributed by atoms with E-state index in [9.17, 15) is 4.79 Å². The predicted octanol–water partition coefficient (Wildman–Crippen LogP) is 2.81. The van der Waals surface area contributed by atoms with Crippen LogP contribution >= 0.6 is 0 Å². The normalized spacial score (nSPS) is 11.7. The number of methoxy groups -OCH3 is 1. The summed E-state index contributed by atoms with van der Waals surface area (Å²) in [5.41, 5.74) is 7.95. The standard InChI is InChI=1S/C17H20N2O2/c1-12(13-6-4-3-5-7-13)11-19-17(20)15-9-8-14(21-2)10-16(15)18/h3-10,12H,11,18H2,1-2H3,(H,19,20). The van der Waals surface area contributed by atoms with E-state index in [1.165, 1.54) is 5.56 Å². The van der Waals surface area contributed by atoms with Crippen molar-refractivity contribution in [2.75, 3.05) is 19.4 Å². The number of nitrogens with two attached hydrogens (primary N) is 1. The minimum atomic E-state index is -0.169. The van der Waals surface area contributed by atoms with Gasteiger partial charge in [0.25, 0.3) is 5.91 Å². The van der Waals surface area contributed by atoms with Gasteiger partial charge in [-0.25, -0.2) is 0 Å². The van der Waals surface area contributed by atoms with Crippen LogP contribution in [0.2, 0.25) is 0 Å². The first-order valence-electron chi connectivity index (χ1n) is 6.88. The van der Waals surface area contributed by atoms with Crippen LogP contribution in [0.1, 0.15) is 28.8 Å². The summed E-state index contributed by atoms with van der Waals surface area (Å²) in [6, 6.07) is 15.1. The van der Waals surface area contributed by atoms with Crippen LogP contribution in [-0.2, 0) is 0 Å². The number of carbonyl (C=O) groups is 1. The van der Waals surface area contributed by atoms with E-state index in [1.807, 2.05) is 18.2 Å². The van der Waals surface area contributed by atoms with Crippen LogP contribution in [0.4, 0.5) is 5.69 Å². The molecular weight excluding hydrogens is 264 g/mol. The minimum Gasteiger partial charge on any atom is -0.497 e. The smallest absolute Gasteiger partial charge is 0.253 e. The first-order valence-corrected chi connectivity index (χ1v) is 6.88. The van der Waals surface area contributed by atoms with Gasteiger partial charge in [-0.1, -0.05) is 37.3 Å². The molecule has 21 heavy (non-hydrogen) atoms. The molecule has 0 aliphatic carbocycles. The van der Waals surface area contributed by atoms with Crippen LogP contribution in [0.15, 0.2) is 48.5 Å². The van der Waals surface area contributed by atoms with Crippen molar-refractivity contribution in [2.45, 2.75) is 12.8 Å². The van der Waals surface area contributed by atoms with Crippen LogP contribution < -0.4 is 15.8 Å². The summed E-state index contributed by atoms with van der Waals surface area (Å²) in [6.07, 6.45) is 0. The highest BCUT2D eigenvalue weighted by Crippen LogP contribution is 2.20. The molecule has 0 heterocycles. The Kier molecular flexibility index (Phi) is 4.82. The number of nitrogen functional groups attached to an aromatic ring is 1. The van der Waals surface area contributed by atoms with E-state index in [0.717, 1.165) is 0 Å². The monoisotopic (exact) mass is 284 g/mol. The van der Waals surface area contributed by atoms with Crippen molar-refractivity contribution in [3.8, 4) is 5.75 Å². The maximum atomic E-state index is 12.2. The van der Waals surface area contributed by atoms with Gasteiger partial charge in [0.1, 0.15) is 5.75 Å². The Bertz CT molecular complexity index is 611. The fourth-order valence-corrected chi connectivity index (χ4v) is 2.12. The molecule has 0 spiro atoms. The van der Waals surface area contributed by atoms with Crippen molar-refractivity contribution >= 4 is 11.6 Å². The number of amides is 1. The van der Waals surface area contributed by atoms with Gasteiger partial charge in [-0.05, 0) is 23.6 Å². The second kappa shape index (κ2) is 6.79. The van der Waals surface area contributed by atoms with Gasteiger partial charge in [-0.15, -0.1) is 0 Å². The summed E-state index contributed by atoms with van der Waals surface area (Å²) in [5, 5.41) is 2.92. The van der Waals surface area contributed by atoms with Crippen LogP contribution in [0.3, 0.4) is 0 Å². The fourth-order valence-electron chi connectivity index (χ4n) is 2.12. The summed E-state index contributed by atoms with van der Waals surface area (Å²) < 4.78 is 5.07. The van der Waals surface area contributed by atoms with Crippen LogP contribution in [0.25, 0.3) is 0 Å². The summed E-state index contributed by atoms with van der Waals surface area (Å²) in [5.74, 6) is 0.717. The van der Waals surface area contributed by atoms with Gasteiger partial charge in [0, 0.05) is 18.3 Å². The lowest BCUT2D eigenvalue weighted by Crippen LogP contribution is -2.28. The number of benzene rings is 2. The molecule has 2 aromatic carbocycles. The van der Waals surface area contributed by atoms with Gasteiger partial charge in [-0.2, -0.15) is 0 Å². The summed E-state index contributed by atoms with van der Waals surface area (Å²) >= 11 is 0. The van der Waals surface area contributed by atoms with Gasteiger partial charge in [0.15, 0.2) is 0 Å². The lowest BCUT2D eigenvalue weighted by molar-refractivity contribution is 0.0952. The Morgan fingerprint density at radius 2 is 1.95 bits per heavy atom. The largest absolute Gasteiger partial charge is 0.497 e. The van der Waals surface area contributed by atoms with Gasteiger partial charge in [0.2, 0.25) is 0 Å². The van der Waals surface area contributed by atoms with Gasteiger partial charge < -0.3 is 15.8 Å². The molecule has 0 radical (unpaired) electrons. The number of rotatable bonds is 5. The van der Waals surface area contributed by atoms with Crippen molar-refractivity contribution < 1.29 is 9.53 Å². The third-order valence-electron chi connectivity index (χ3n) is 3.44. The van der Waals surface area contributed by atoms with Crippen molar-refractivity contribution in [2.24, 2.45) is 0 Å². The van der Waals surface area contributed by atoms with E-state index >= 15 is 0 Å². The quantitative estimate of drug-likeness (QED) is 0.830. The van der Waals surface area contributed by atoms with Crippen molar-refractivity contribution in [1.29, 1.82) is 0 Å². The molecule has 1 unspecified atom stereocenters. The molecule has 2 rings (SSSR count). The number of anilines is 1. The highest BCUT2D eigenvalue weighted by Gasteiger charge is 2.12. The number of ether oxygens (including phenoxy) is 1. The Morgan fingerprint density at radius 1 is 1.24 bits per heavy atom. The molecule has 4 heteroatoms. The average Bonchev–Trinajstić information content (AvgIpc) is 2.52. The van der Waals surface area contributed by atoms with Gasteiger partial charge >= 0.3 is 0 Å². The molecule has 0 aliphatic rings. The third kappa shape index (κ3) is 3.75. The zero-order chi connectivity index (χ0) is 15.2. The second-order valence-electron chi connectivity index (χ2n) is 4.97. The van der Waals surface area contributed by atoms with Crippen LogP contribution in [0, 0.1) is 0 Å². The molecule has 0 saturated carbocycles. The fraction of sp³-hybridized carbons (Fsp3) is 0.235. The van der Waals surface area contributed by atoms with E-state index in [0.29, 0.717) is 23.5 Å². The van der Waals surface area contributed by atoms with Crippen molar-refractivity contribution in [3.05, 3.63) is 59.7 Å². The lowest BCUT2D eigenvalue weighted by atomic mass is 10.0. The number of hydrogen-bond acceptors (Lipinski definition) is 3. The number of hydrogen-bond donors (Lipinski definition) is 2. The molecule has 0 saturated heterocycles.